The maximum atomic E-state index is 6.06. The lowest BCUT2D eigenvalue weighted by Gasteiger charge is -1.97. The highest BCUT2D eigenvalue weighted by Gasteiger charge is 2.13. The zero-order valence-electron chi connectivity index (χ0n) is 10.5. The van der Waals surface area contributed by atoms with Crippen molar-refractivity contribution < 1.29 is 4.52 Å². The van der Waals surface area contributed by atoms with E-state index in [0.717, 1.165) is 11.1 Å². The van der Waals surface area contributed by atoms with Crippen LogP contribution in [0.15, 0.2) is 47.1 Å². The van der Waals surface area contributed by atoms with E-state index >= 15 is 0 Å². The number of halogens is 1. The quantitative estimate of drug-likeness (QED) is 0.801. The van der Waals surface area contributed by atoms with Crippen LogP contribution in [0.25, 0.3) is 23.0 Å². The lowest BCUT2D eigenvalue weighted by atomic mass is 10.1. The first-order valence-corrected chi connectivity index (χ1v) is 6.39. The van der Waals surface area contributed by atoms with Gasteiger partial charge in [0.25, 0.3) is 5.89 Å². The molecule has 0 saturated heterocycles. The van der Waals surface area contributed by atoms with Crippen LogP contribution in [-0.4, -0.2) is 15.1 Å². The van der Waals surface area contributed by atoms with Crippen LogP contribution in [0.5, 0.6) is 0 Å². The summed E-state index contributed by atoms with van der Waals surface area (Å²) >= 11 is 6.06. The van der Waals surface area contributed by atoms with E-state index in [1.807, 2.05) is 24.3 Å². The minimum Gasteiger partial charge on any atom is -0.334 e. The molecule has 2 aromatic heterocycles. The van der Waals surface area contributed by atoms with Gasteiger partial charge in [0.2, 0.25) is 5.82 Å². The maximum absolute atomic E-state index is 6.06. The SMILES string of the molecule is NCc1ccc(-c2nc(-c3ncccc3Cl)no2)cc1. The van der Waals surface area contributed by atoms with Gasteiger partial charge in [0.15, 0.2) is 0 Å². The normalized spacial score (nSPS) is 10.7. The van der Waals surface area contributed by atoms with Crippen molar-refractivity contribution in [3.63, 3.8) is 0 Å². The Balaban J connectivity index is 1.95. The maximum Gasteiger partial charge on any atom is 0.258 e. The molecule has 1 aromatic carbocycles. The summed E-state index contributed by atoms with van der Waals surface area (Å²) in [4.78, 5) is 8.46. The van der Waals surface area contributed by atoms with Gasteiger partial charge in [-0.2, -0.15) is 4.98 Å². The molecule has 20 heavy (non-hydrogen) atoms. The average Bonchev–Trinajstić information content (AvgIpc) is 2.97. The number of nitrogens with zero attached hydrogens (tertiary/aromatic N) is 3. The Bertz CT molecular complexity index is 724. The third-order valence-corrected chi connectivity index (χ3v) is 3.14. The average molecular weight is 287 g/mol. The predicted molar refractivity (Wildman–Crippen MR) is 75.9 cm³/mol. The summed E-state index contributed by atoms with van der Waals surface area (Å²) in [5.41, 5.74) is 7.93. The zero-order chi connectivity index (χ0) is 13.9. The van der Waals surface area contributed by atoms with E-state index < -0.39 is 0 Å². The smallest absolute Gasteiger partial charge is 0.258 e. The van der Waals surface area contributed by atoms with Gasteiger partial charge in [0.1, 0.15) is 5.69 Å². The van der Waals surface area contributed by atoms with Crippen LogP contribution in [0, 0.1) is 0 Å². The standard InChI is InChI=1S/C14H11ClN4O/c15-11-2-1-7-17-12(11)13-18-14(20-19-13)10-5-3-9(8-16)4-6-10/h1-7H,8,16H2. The molecule has 3 aromatic rings. The van der Waals surface area contributed by atoms with Gasteiger partial charge >= 0.3 is 0 Å². The lowest BCUT2D eigenvalue weighted by molar-refractivity contribution is 0.432. The molecule has 0 saturated carbocycles. The van der Waals surface area contributed by atoms with Crippen molar-refractivity contribution in [1.29, 1.82) is 0 Å². The molecule has 0 radical (unpaired) electrons. The molecular weight excluding hydrogens is 276 g/mol. The molecule has 0 atom stereocenters. The second-order valence-corrected chi connectivity index (χ2v) is 4.57. The number of hydrogen-bond donors (Lipinski definition) is 1. The molecule has 2 N–H and O–H groups in total. The largest absolute Gasteiger partial charge is 0.334 e. The first-order chi connectivity index (χ1) is 9.78. The van der Waals surface area contributed by atoms with Crippen LogP contribution < -0.4 is 5.73 Å². The molecule has 0 bridgehead atoms. The number of benzene rings is 1. The summed E-state index contributed by atoms with van der Waals surface area (Å²) in [6.07, 6.45) is 1.63. The van der Waals surface area contributed by atoms with E-state index in [-0.39, 0.29) is 0 Å². The fraction of sp³-hybridized carbons (Fsp3) is 0.0714. The van der Waals surface area contributed by atoms with Gasteiger partial charge in [-0.05, 0) is 29.8 Å². The van der Waals surface area contributed by atoms with Gasteiger partial charge < -0.3 is 10.3 Å². The molecule has 0 aliphatic carbocycles. The topological polar surface area (TPSA) is 77.8 Å². The van der Waals surface area contributed by atoms with Gasteiger partial charge in [0.05, 0.1) is 5.02 Å². The molecule has 3 rings (SSSR count). The molecule has 0 aliphatic rings. The fourth-order valence-electron chi connectivity index (χ4n) is 1.77. The van der Waals surface area contributed by atoms with Crippen LogP contribution in [0.1, 0.15) is 5.56 Å². The van der Waals surface area contributed by atoms with E-state index in [0.29, 0.717) is 29.0 Å². The number of aromatic nitrogens is 3. The first kappa shape index (κ1) is 12.8. The molecule has 0 unspecified atom stereocenters. The summed E-state index contributed by atoms with van der Waals surface area (Å²) in [6.45, 7) is 0.499. The Morgan fingerprint density at radius 1 is 1.15 bits per heavy atom. The van der Waals surface area contributed by atoms with Crippen LogP contribution in [0.4, 0.5) is 0 Å². The molecule has 0 aliphatic heterocycles. The highest BCUT2D eigenvalue weighted by molar-refractivity contribution is 6.32. The lowest BCUT2D eigenvalue weighted by Crippen LogP contribution is -1.95. The predicted octanol–water partition coefficient (Wildman–Crippen LogP) is 2.91. The Kier molecular flexibility index (Phi) is 3.45. The molecule has 0 spiro atoms. The number of pyridine rings is 1. The van der Waals surface area contributed by atoms with Gasteiger partial charge in [0, 0.05) is 18.3 Å². The van der Waals surface area contributed by atoms with Crippen LogP contribution in [0.3, 0.4) is 0 Å². The Morgan fingerprint density at radius 3 is 2.65 bits per heavy atom. The van der Waals surface area contributed by atoms with E-state index in [1.165, 1.54) is 0 Å². The zero-order valence-corrected chi connectivity index (χ0v) is 11.2. The second-order valence-electron chi connectivity index (χ2n) is 4.16. The van der Waals surface area contributed by atoms with E-state index in [2.05, 4.69) is 15.1 Å². The van der Waals surface area contributed by atoms with Crippen molar-refractivity contribution in [1.82, 2.24) is 15.1 Å². The molecular formula is C14H11ClN4O. The van der Waals surface area contributed by atoms with Crippen molar-refractivity contribution >= 4 is 11.6 Å². The first-order valence-electron chi connectivity index (χ1n) is 6.02. The van der Waals surface area contributed by atoms with Crippen LogP contribution in [0.2, 0.25) is 5.02 Å². The van der Waals surface area contributed by atoms with Crippen molar-refractivity contribution in [3.05, 3.63) is 53.2 Å². The summed E-state index contributed by atoms with van der Waals surface area (Å²) in [6, 6.07) is 11.1. The summed E-state index contributed by atoms with van der Waals surface area (Å²) in [7, 11) is 0. The van der Waals surface area contributed by atoms with Crippen LogP contribution >= 0.6 is 11.6 Å². The van der Waals surface area contributed by atoms with Gasteiger partial charge in [-0.1, -0.05) is 28.9 Å². The molecule has 5 nitrogen and oxygen atoms in total. The highest BCUT2D eigenvalue weighted by Crippen LogP contribution is 2.25. The summed E-state index contributed by atoms with van der Waals surface area (Å²) < 4.78 is 5.24. The van der Waals surface area contributed by atoms with E-state index in [4.69, 9.17) is 21.9 Å². The number of nitrogens with two attached hydrogens (primary N) is 1. The molecule has 0 fully saturated rings. The minimum absolute atomic E-state index is 0.369. The highest BCUT2D eigenvalue weighted by atomic mass is 35.5. The molecule has 100 valence electrons. The number of rotatable bonds is 3. The van der Waals surface area contributed by atoms with Crippen molar-refractivity contribution in [2.45, 2.75) is 6.54 Å². The minimum atomic E-state index is 0.369. The summed E-state index contributed by atoms with van der Waals surface area (Å²) in [5.74, 6) is 0.791. The third kappa shape index (κ3) is 2.41. The van der Waals surface area contributed by atoms with Gasteiger partial charge in [-0.3, -0.25) is 4.98 Å². The molecule has 0 amide bonds. The van der Waals surface area contributed by atoms with Crippen molar-refractivity contribution in [2.75, 3.05) is 0 Å². The van der Waals surface area contributed by atoms with Crippen molar-refractivity contribution in [2.24, 2.45) is 5.73 Å². The Labute approximate surface area is 120 Å². The van der Waals surface area contributed by atoms with Gasteiger partial charge in [-0.25, -0.2) is 0 Å². The fourth-order valence-corrected chi connectivity index (χ4v) is 1.98. The Morgan fingerprint density at radius 2 is 1.95 bits per heavy atom. The van der Waals surface area contributed by atoms with Crippen LogP contribution in [-0.2, 0) is 6.54 Å². The van der Waals surface area contributed by atoms with E-state index in [9.17, 15) is 0 Å². The summed E-state index contributed by atoms with van der Waals surface area (Å²) in [5, 5.41) is 4.39. The van der Waals surface area contributed by atoms with Gasteiger partial charge in [-0.15, -0.1) is 0 Å². The molecule has 6 heteroatoms. The van der Waals surface area contributed by atoms with E-state index in [1.54, 1.807) is 18.3 Å². The second kappa shape index (κ2) is 5.40. The molecule has 2 heterocycles. The Hall–Kier alpha value is -2.24. The monoisotopic (exact) mass is 286 g/mol. The number of hydrogen-bond acceptors (Lipinski definition) is 5. The van der Waals surface area contributed by atoms with Crippen molar-refractivity contribution in [3.8, 4) is 23.0 Å². The third-order valence-electron chi connectivity index (χ3n) is 2.83.